The monoisotopic (exact) mass is 276 g/mol. The van der Waals surface area contributed by atoms with Gasteiger partial charge in [-0.15, -0.1) is 0 Å². The standard InChI is InChI=1S/C12H16N6O2/c1-3-11-14-12(4-2)17(16-11)9-5-8(15-13)6-10(7-9)18(19)20/h5-7,15H,3-4,13H2,1-2H3. The van der Waals surface area contributed by atoms with Crippen LogP contribution in [0.25, 0.3) is 5.69 Å². The van der Waals surface area contributed by atoms with Gasteiger partial charge in [0.1, 0.15) is 5.82 Å². The number of benzene rings is 1. The summed E-state index contributed by atoms with van der Waals surface area (Å²) in [6, 6.07) is 4.52. The largest absolute Gasteiger partial charge is 0.324 e. The number of nitro groups is 1. The van der Waals surface area contributed by atoms with Gasteiger partial charge >= 0.3 is 0 Å². The van der Waals surface area contributed by atoms with Gasteiger partial charge in [0.05, 0.1) is 16.3 Å². The van der Waals surface area contributed by atoms with Crippen LogP contribution in [0, 0.1) is 10.1 Å². The summed E-state index contributed by atoms with van der Waals surface area (Å²) in [5, 5.41) is 15.3. The molecule has 0 saturated carbocycles. The quantitative estimate of drug-likeness (QED) is 0.487. The minimum Gasteiger partial charge on any atom is -0.324 e. The van der Waals surface area contributed by atoms with E-state index >= 15 is 0 Å². The molecule has 2 aromatic rings. The van der Waals surface area contributed by atoms with Crippen molar-refractivity contribution in [1.82, 2.24) is 14.8 Å². The lowest BCUT2D eigenvalue weighted by Crippen LogP contribution is -2.09. The van der Waals surface area contributed by atoms with Gasteiger partial charge in [-0.1, -0.05) is 13.8 Å². The molecule has 0 atom stereocenters. The van der Waals surface area contributed by atoms with Crippen LogP contribution in [0.2, 0.25) is 0 Å². The van der Waals surface area contributed by atoms with E-state index in [4.69, 9.17) is 5.84 Å². The van der Waals surface area contributed by atoms with Crippen LogP contribution < -0.4 is 11.3 Å². The minimum atomic E-state index is -0.465. The van der Waals surface area contributed by atoms with Crippen LogP contribution in [0.4, 0.5) is 11.4 Å². The van der Waals surface area contributed by atoms with E-state index in [0.29, 0.717) is 30.0 Å². The van der Waals surface area contributed by atoms with Gasteiger partial charge in [0.2, 0.25) is 0 Å². The molecule has 106 valence electrons. The molecule has 3 N–H and O–H groups in total. The van der Waals surface area contributed by atoms with Crippen LogP contribution >= 0.6 is 0 Å². The zero-order valence-electron chi connectivity index (χ0n) is 11.3. The highest BCUT2D eigenvalue weighted by atomic mass is 16.6. The normalized spacial score (nSPS) is 10.6. The predicted molar refractivity (Wildman–Crippen MR) is 74.6 cm³/mol. The first-order valence-electron chi connectivity index (χ1n) is 6.30. The van der Waals surface area contributed by atoms with Crippen molar-refractivity contribution in [2.75, 3.05) is 5.43 Å². The zero-order valence-corrected chi connectivity index (χ0v) is 11.3. The molecule has 0 aliphatic carbocycles. The van der Waals surface area contributed by atoms with Crippen molar-refractivity contribution in [1.29, 1.82) is 0 Å². The van der Waals surface area contributed by atoms with E-state index < -0.39 is 4.92 Å². The highest BCUT2D eigenvalue weighted by Gasteiger charge is 2.14. The highest BCUT2D eigenvalue weighted by molar-refractivity contribution is 5.58. The number of non-ortho nitro benzene ring substituents is 1. The number of hydrogen-bond donors (Lipinski definition) is 2. The molecular formula is C12H16N6O2. The van der Waals surface area contributed by atoms with Crippen molar-refractivity contribution in [2.45, 2.75) is 26.7 Å². The van der Waals surface area contributed by atoms with E-state index in [1.807, 2.05) is 13.8 Å². The molecule has 0 bridgehead atoms. The number of nitrogen functional groups attached to an aromatic ring is 1. The predicted octanol–water partition coefficient (Wildman–Crippen LogP) is 1.59. The number of nitrogens with zero attached hydrogens (tertiary/aromatic N) is 4. The highest BCUT2D eigenvalue weighted by Crippen LogP contribution is 2.23. The molecule has 0 radical (unpaired) electrons. The summed E-state index contributed by atoms with van der Waals surface area (Å²) in [4.78, 5) is 14.9. The molecule has 8 nitrogen and oxygen atoms in total. The number of hydrogen-bond acceptors (Lipinski definition) is 6. The minimum absolute atomic E-state index is 0.0500. The lowest BCUT2D eigenvalue weighted by atomic mass is 10.2. The number of nitro benzene ring substituents is 1. The van der Waals surface area contributed by atoms with Gasteiger partial charge in [-0.2, -0.15) is 5.10 Å². The Kier molecular flexibility index (Phi) is 3.94. The van der Waals surface area contributed by atoms with E-state index in [0.717, 1.165) is 5.82 Å². The maximum atomic E-state index is 11.0. The third-order valence-electron chi connectivity index (χ3n) is 2.88. The maximum absolute atomic E-state index is 11.0. The van der Waals surface area contributed by atoms with Gasteiger partial charge in [-0.25, -0.2) is 9.67 Å². The summed E-state index contributed by atoms with van der Waals surface area (Å²) in [5.41, 5.74) is 3.39. The van der Waals surface area contributed by atoms with Crippen LogP contribution in [0.5, 0.6) is 0 Å². The second-order valence-electron chi connectivity index (χ2n) is 4.20. The topological polar surface area (TPSA) is 112 Å². The molecule has 1 heterocycles. The first-order chi connectivity index (χ1) is 9.58. The van der Waals surface area contributed by atoms with Crippen LogP contribution in [0.3, 0.4) is 0 Å². The second kappa shape index (κ2) is 5.66. The van der Waals surface area contributed by atoms with Crippen molar-refractivity contribution in [2.24, 2.45) is 5.84 Å². The molecule has 2 rings (SSSR count). The Morgan fingerprint density at radius 1 is 1.35 bits per heavy atom. The average molecular weight is 276 g/mol. The third-order valence-corrected chi connectivity index (χ3v) is 2.88. The lowest BCUT2D eigenvalue weighted by molar-refractivity contribution is -0.384. The van der Waals surface area contributed by atoms with Crippen LogP contribution in [0.15, 0.2) is 18.2 Å². The van der Waals surface area contributed by atoms with Gasteiger partial charge in [-0.05, 0) is 6.07 Å². The molecule has 0 amide bonds. The van der Waals surface area contributed by atoms with Crippen molar-refractivity contribution in [3.05, 3.63) is 40.0 Å². The average Bonchev–Trinajstić information content (AvgIpc) is 2.90. The molecule has 0 saturated heterocycles. The first kappa shape index (κ1) is 13.9. The summed E-state index contributed by atoms with van der Waals surface area (Å²) in [7, 11) is 0. The van der Waals surface area contributed by atoms with E-state index in [9.17, 15) is 10.1 Å². The molecule has 8 heteroatoms. The van der Waals surface area contributed by atoms with Crippen molar-refractivity contribution >= 4 is 11.4 Å². The second-order valence-corrected chi connectivity index (χ2v) is 4.20. The Morgan fingerprint density at radius 2 is 2.10 bits per heavy atom. The van der Waals surface area contributed by atoms with Crippen LogP contribution in [-0.2, 0) is 12.8 Å². The number of nitrogens with two attached hydrogens (primary N) is 1. The molecule has 20 heavy (non-hydrogen) atoms. The van der Waals surface area contributed by atoms with Crippen molar-refractivity contribution in [3.8, 4) is 5.69 Å². The van der Waals surface area contributed by atoms with Crippen LogP contribution in [-0.4, -0.2) is 19.7 Å². The number of rotatable bonds is 5. The fourth-order valence-electron chi connectivity index (χ4n) is 1.88. The summed E-state index contributed by atoms with van der Waals surface area (Å²) < 4.78 is 1.62. The Labute approximate surface area is 115 Å². The molecule has 0 aliphatic heterocycles. The number of aryl methyl sites for hydroxylation is 2. The van der Waals surface area contributed by atoms with E-state index in [1.54, 1.807) is 10.7 Å². The van der Waals surface area contributed by atoms with Crippen molar-refractivity contribution in [3.63, 3.8) is 0 Å². The Hall–Kier alpha value is -2.48. The summed E-state index contributed by atoms with van der Waals surface area (Å²) in [5.74, 6) is 6.81. The molecule has 0 aliphatic rings. The fraction of sp³-hybridized carbons (Fsp3) is 0.333. The van der Waals surface area contributed by atoms with Crippen molar-refractivity contribution < 1.29 is 4.92 Å². The molecule has 0 unspecified atom stereocenters. The molecule has 1 aromatic heterocycles. The Balaban J connectivity index is 2.59. The fourth-order valence-corrected chi connectivity index (χ4v) is 1.88. The molecule has 1 aromatic carbocycles. The SMILES string of the molecule is CCc1nc(CC)n(-c2cc(NN)cc([N+](=O)[O-])c2)n1. The number of anilines is 1. The summed E-state index contributed by atoms with van der Waals surface area (Å²) in [6.07, 6.45) is 1.39. The van der Waals surface area contributed by atoms with Gasteiger partial charge in [0.15, 0.2) is 5.82 Å². The van der Waals surface area contributed by atoms with Gasteiger partial charge < -0.3 is 5.43 Å². The maximum Gasteiger partial charge on any atom is 0.273 e. The summed E-state index contributed by atoms with van der Waals surface area (Å²) >= 11 is 0. The Morgan fingerprint density at radius 3 is 2.65 bits per heavy atom. The lowest BCUT2D eigenvalue weighted by Gasteiger charge is -2.07. The third kappa shape index (κ3) is 2.59. The van der Waals surface area contributed by atoms with Crippen LogP contribution in [0.1, 0.15) is 25.5 Å². The zero-order chi connectivity index (χ0) is 14.7. The Bertz CT molecular complexity index is 637. The smallest absolute Gasteiger partial charge is 0.273 e. The van der Waals surface area contributed by atoms with Gasteiger partial charge in [-0.3, -0.25) is 16.0 Å². The number of hydrazine groups is 1. The van der Waals surface area contributed by atoms with Gasteiger partial charge in [0, 0.05) is 25.0 Å². The van der Waals surface area contributed by atoms with Gasteiger partial charge in [0.25, 0.3) is 5.69 Å². The number of aromatic nitrogens is 3. The molecular weight excluding hydrogens is 260 g/mol. The summed E-state index contributed by atoms with van der Waals surface area (Å²) in [6.45, 7) is 3.92. The molecule has 0 fully saturated rings. The van der Waals surface area contributed by atoms with E-state index in [1.165, 1.54) is 12.1 Å². The van der Waals surface area contributed by atoms with E-state index in [-0.39, 0.29) is 5.69 Å². The number of nitrogens with one attached hydrogen (secondary N) is 1. The molecule has 0 spiro atoms. The van der Waals surface area contributed by atoms with E-state index in [2.05, 4.69) is 15.5 Å². The first-order valence-corrected chi connectivity index (χ1v) is 6.30.